The van der Waals surface area contributed by atoms with E-state index in [-0.39, 0.29) is 11.7 Å². The summed E-state index contributed by atoms with van der Waals surface area (Å²) in [6, 6.07) is 7.25. The number of carbonyl (C=O) groups is 1. The molecule has 2 atom stereocenters. The third kappa shape index (κ3) is 3.36. The maximum Gasteiger partial charge on any atom is 0.219 e. The molecule has 0 spiro atoms. The molecule has 0 radical (unpaired) electrons. The second-order valence-corrected chi connectivity index (χ2v) is 8.54. The number of anilines is 2. The average molecular weight is 455 g/mol. The summed E-state index contributed by atoms with van der Waals surface area (Å²) in [5.41, 5.74) is 2.22. The predicted molar refractivity (Wildman–Crippen MR) is 119 cm³/mol. The number of carbonyl (C=O) groups excluding carboxylic acids is 1. The molecule has 2 aromatic heterocycles. The number of hydrogen-bond acceptors (Lipinski definition) is 10. The molecular formula is C22H22N4O5S. The second-order valence-electron chi connectivity index (χ2n) is 7.56. The minimum Gasteiger partial charge on any atom is -0.493 e. The zero-order chi connectivity index (χ0) is 22.2. The summed E-state index contributed by atoms with van der Waals surface area (Å²) in [7, 11) is 4.67. The van der Waals surface area contributed by atoms with E-state index < -0.39 is 6.04 Å². The van der Waals surface area contributed by atoms with Crippen LogP contribution in [-0.4, -0.2) is 37.4 Å². The van der Waals surface area contributed by atoms with Gasteiger partial charge < -0.3 is 24.8 Å². The topological polar surface area (TPSA) is 108 Å². The maximum atomic E-state index is 13.5. The number of allylic oxidation sites excluding steroid dienone is 1. The summed E-state index contributed by atoms with van der Waals surface area (Å²) in [6.45, 7) is 0. The first-order valence-corrected chi connectivity index (χ1v) is 11.0. The number of fused-ring (bicyclic) bond motifs is 1. The molecule has 2 aliphatic rings. The van der Waals surface area contributed by atoms with Gasteiger partial charge in [-0.25, -0.2) is 4.63 Å². The fraction of sp³-hybridized carbons (Fsp3) is 0.318. The van der Waals surface area contributed by atoms with Gasteiger partial charge in [-0.3, -0.25) is 4.79 Å². The number of aromatic nitrogens is 2. The number of hydrogen-bond donors (Lipinski definition) is 2. The number of ketones is 1. The van der Waals surface area contributed by atoms with Crippen molar-refractivity contribution in [1.82, 2.24) is 10.3 Å². The molecule has 0 fully saturated rings. The van der Waals surface area contributed by atoms with E-state index in [0.29, 0.717) is 47.3 Å². The molecule has 32 heavy (non-hydrogen) atoms. The Kier molecular flexibility index (Phi) is 5.22. The van der Waals surface area contributed by atoms with Crippen LogP contribution in [0.4, 0.5) is 11.6 Å². The van der Waals surface area contributed by atoms with E-state index in [0.717, 1.165) is 11.3 Å². The van der Waals surface area contributed by atoms with E-state index in [4.69, 9.17) is 18.8 Å². The lowest BCUT2D eigenvalue weighted by Gasteiger charge is -2.29. The van der Waals surface area contributed by atoms with Crippen molar-refractivity contribution in [3.8, 4) is 17.2 Å². The molecule has 10 heteroatoms. The SMILES string of the molecule is COc1cc([C@@H]2Nc3nonc3NC3=C2C(=O)C[C@@H](c2cccs2)C3)cc(OC)c1OC. The Hall–Kier alpha value is -3.53. The lowest BCUT2D eigenvalue weighted by molar-refractivity contribution is -0.116. The first-order valence-electron chi connectivity index (χ1n) is 10.1. The molecule has 0 saturated heterocycles. The fourth-order valence-electron chi connectivity index (χ4n) is 4.34. The zero-order valence-corrected chi connectivity index (χ0v) is 18.6. The average Bonchev–Trinajstić information content (AvgIpc) is 3.47. The highest BCUT2D eigenvalue weighted by Crippen LogP contribution is 2.47. The smallest absolute Gasteiger partial charge is 0.219 e. The van der Waals surface area contributed by atoms with Gasteiger partial charge in [0, 0.05) is 28.5 Å². The van der Waals surface area contributed by atoms with Crippen molar-refractivity contribution >= 4 is 28.8 Å². The Morgan fingerprint density at radius 3 is 2.47 bits per heavy atom. The van der Waals surface area contributed by atoms with E-state index in [1.807, 2.05) is 23.6 Å². The van der Waals surface area contributed by atoms with Crippen molar-refractivity contribution in [3.63, 3.8) is 0 Å². The van der Waals surface area contributed by atoms with Crippen LogP contribution in [0.1, 0.15) is 35.2 Å². The number of methoxy groups -OCH3 is 3. The maximum absolute atomic E-state index is 13.5. The first-order chi connectivity index (χ1) is 15.6. The van der Waals surface area contributed by atoms with E-state index in [1.54, 1.807) is 32.7 Å². The molecule has 1 aliphatic carbocycles. The summed E-state index contributed by atoms with van der Waals surface area (Å²) in [5, 5.41) is 16.6. The van der Waals surface area contributed by atoms with Crippen LogP contribution in [0.25, 0.3) is 0 Å². The minimum absolute atomic E-state index is 0.0606. The molecule has 9 nitrogen and oxygen atoms in total. The lowest BCUT2D eigenvalue weighted by Crippen LogP contribution is -2.26. The Morgan fingerprint density at radius 2 is 1.81 bits per heavy atom. The molecule has 3 aromatic rings. The van der Waals surface area contributed by atoms with Crippen molar-refractivity contribution < 1.29 is 23.6 Å². The normalized spacial score (nSPS) is 19.9. The van der Waals surface area contributed by atoms with E-state index in [2.05, 4.69) is 27.0 Å². The largest absolute Gasteiger partial charge is 0.493 e. The second kappa shape index (κ2) is 8.19. The predicted octanol–water partition coefficient (Wildman–Crippen LogP) is 4.14. The Balaban J connectivity index is 1.64. The molecule has 0 unspecified atom stereocenters. The fourth-order valence-corrected chi connectivity index (χ4v) is 5.17. The van der Waals surface area contributed by atoms with Crippen molar-refractivity contribution in [3.05, 3.63) is 51.4 Å². The standard InChI is InChI=1S/C22H22N4O5S/c1-28-15-9-12(10-16(29-2)20(15)30-3)19-18-13(23-21-22(24-19)26-31-25-21)7-11(8-14(18)27)17-5-4-6-32-17/h4-6,9-11,19H,7-8H2,1-3H3,(H,23,25)(H,24,26)/t11-,19-/m0/s1. The molecule has 0 saturated carbocycles. The van der Waals surface area contributed by atoms with Crippen molar-refractivity contribution in [1.29, 1.82) is 0 Å². The van der Waals surface area contributed by atoms with Crippen molar-refractivity contribution in [2.45, 2.75) is 24.8 Å². The van der Waals surface area contributed by atoms with Gasteiger partial charge >= 0.3 is 0 Å². The Morgan fingerprint density at radius 1 is 1.06 bits per heavy atom. The number of thiophene rings is 1. The van der Waals surface area contributed by atoms with Crippen molar-refractivity contribution in [2.75, 3.05) is 32.0 Å². The molecule has 3 heterocycles. The van der Waals surface area contributed by atoms with Crippen LogP contribution in [0.5, 0.6) is 17.2 Å². The van der Waals surface area contributed by atoms with Gasteiger partial charge in [-0.2, -0.15) is 0 Å². The highest BCUT2D eigenvalue weighted by Gasteiger charge is 2.38. The third-order valence-corrected chi connectivity index (χ3v) is 6.84. The van der Waals surface area contributed by atoms with Crippen LogP contribution in [-0.2, 0) is 4.79 Å². The molecule has 1 aromatic carbocycles. The van der Waals surface area contributed by atoms with Crippen LogP contribution >= 0.6 is 11.3 Å². The van der Waals surface area contributed by atoms with E-state index in [9.17, 15) is 4.79 Å². The van der Waals surface area contributed by atoms with Gasteiger partial charge in [0.25, 0.3) is 0 Å². The number of benzene rings is 1. The highest BCUT2D eigenvalue weighted by atomic mass is 32.1. The Labute approximate surface area is 188 Å². The van der Waals surface area contributed by atoms with Gasteiger partial charge in [0.05, 0.1) is 27.4 Å². The molecule has 166 valence electrons. The Bertz CT molecular complexity index is 1160. The zero-order valence-electron chi connectivity index (χ0n) is 17.8. The van der Waals surface area contributed by atoms with Crippen LogP contribution in [0.3, 0.4) is 0 Å². The third-order valence-electron chi connectivity index (χ3n) is 5.80. The van der Waals surface area contributed by atoms with E-state index >= 15 is 0 Å². The van der Waals surface area contributed by atoms with Gasteiger partial charge in [0.2, 0.25) is 17.4 Å². The summed E-state index contributed by atoms with van der Waals surface area (Å²) >= 11 is 1.66. The van der Waals surface area contributed by atoms with Crippen LogP contribution < -0.4 is 24.8 Å². The molecule has 0 amide bonds. The van der Waals surface area contributed by atoms with Gasteiger partial charge in [-0.1, -0.05) is 6.07 Å². The quantitative estimate of drug-likeness (QED) is 0.588. The van der Waals surface area contributed by atoms with Crippen LogP contribution in [0.2, 0.25) is 0 Å². The van der Waals surface area contributed by atoms with Gasteiger partial charge in [-0.15, -0.1) is 11.3 Å². The summed E-state index contributed by atoms with van der Waals surface area (Å²) in [6.07, 6.45) is 1.11. The highest BCUT2D eigenvalue weighted by molar-refractivity contribution is 7.10. The first kappa shape index (κ1) is 20.4. The molecular weight excluding hydrogens is 432 g/mol. The molecule has 5 rings (SSSR count). The van der Waals surface area contributed by atoms with Gasteiger partial charge in [-0.05, 0) is 45.9 Å². The van der Waals surface area contributed by atoms with Gasteiger partial charge in [0.1, 0.15) is 0 Å². The number of Topliss-reactive ketones (excluding diaryl/α,β-unsaturated/α-hetero) is 1. The molecule has 0 bridgehead atoms. The number of nitrogens with one attached hydrogen (secondary N) is 2. The minimum atomic E-state index is -0.504. The number of nitrogens with zero attached hydrogens (tertiary/aromatic N) is 2. The van der Waals surface area contributed by atoms with Crippen LogP contribution in [0.15, 0.2) is 45.5 Å². The van der Waals surface area contributed by atoms with E-state index in [1.165, 1.54) is 4.88 Å². The lowest BCUT2D eigenvalue weighted by atomic mass is 9.80. The molecule has 2 N–H and O–H groups in total. The van der Waals surface area contributed by atoms with Crippen molar-refractivity contribution in [2.24, 2.45) is 0 Å². The summed E-state index contributed by atoms with van der Waals surface area (Å²) in [5.74, 6) is 2.53. The number of rotatable bonds is 5. The molecule has 1 aliphatic heterocycles. The van der Waals surface area contributed by atoms with Gasteiger partial charge in [0.15, 0.2) is 17.3 Å². The van der Waals surface area contributed by atoms with Crippen LogP contribution in [0, 0.1) is 0 Å². The number of ether oxygens (including phenoxy) is 3. The summed E-state index contributed by atoms with van der Waals surface area (Å²) < 4.78 is 21.5. The summed E-state index contributed by atoms with van der Waals surface area (Å²) in [4.78, 5) is 14.7. The monoisotopic (exact) mass is 454 g/mol.